The molecule has 3 nitrogen and oxygen atoms in total. The van der Waals surface area contributed by atoms with Crippen LogP contribution < -0.4 is 5.43 Å². The average Bonchev–Trinajstić information content (AvgIpc) is 2.03. The van der Waals surface area contributed by atoms with Gasteiger partial charge in [0.1, 0.15) is 0 Å². The van der Waals surface area contributed by atoms with Gasteiger partial charge in [0.2, 0.25) is 0 Å². The molecule has 0 amide bonds. The first kappa shape index (κ1) is 9.96. The second kappa shape index (κ2) is 4.80. The largest absolute Gasteiger partial charge is 0.306 e. The third kappa shape index (κ3) is 3.52. The van der Waals surface area contributed by atoms with Gasteiger partial charge in [-0.25, -0.2) is 0 Å². The summed E-state index contributed by atoms with van der Waals surface area (Å²) in [6.45, 7) is 3.67. The van der Waals surface area contributed by atoms with Crippen LogP contribution in [0.15, 0.2) is 0 Å². The Labute approximate surface area is 75.7 Å². The van der Waals surface area contributed by atoms with Crippen molar-refractivity contribution in [1.29, 1.82) is 0 Å². The van der Waals surface area contributed by atoms with Gasteiger partial charge >= 0.3 is 0 Å². The van der Waals surface area contributed by atoms with Crippen LogP contribution in [-0.4, -0.2) is 50.7 Å². The fourth-order valence-electron chi connectivity index (χ4n) is 1.58. The molecule has 0 spiro atoms. The molecule has 0 aromatic heterocycles. The summed E-state index contributed by atoms with van der Waals surface area (Å²) in [5.74, 6) is 0.878. The predicted molar refractivity (Wildman–Crippen MR) is 51.9 cm³/mol. The molecule has 0 aromatic rings. The number of hydrazine groups is 1. The molecule has 1 saturated heterocycles. The van der Waals surface area contributed by atoms with E-state index in [0.717, 1.165) is 12.5 Å². The van der Waals surface area contributed by atoms with Crippen LogP contribution in [0.5, 0.6) is 0 Å². The topological polar surface area (TPSA) is 18.5 Å². The van der Waals surface area contributed by atoms with E-state index >= 15 is 0 Å². The van der Waals surface area contributed by atoms with Crippen molar-refractivity contribution in [2.75, 3.05) is 40.8 Å². The Morgan fingerprint density at radius 3 is 2.42 bits per heavy atom. The van der Waals surface area contributed by atoms with E-state index in [1.165, 1.54) is 25.9 Å². The van der Waals surface area contributed by atoms with E-state index in [1.54, 1.807) is 0 Å². The molecule has 0 unspecified atom stereocenters. The highest BCUT2D eigenvalue weighted by atomic mass is 15.5. The summed E-state index contributed by atoms with van der Waals surface area (Å²) in [6.07, 6.45) is 2.69. The number of rotatable bonds is 3. The van der Waals surface area contributed by atoms with Gasteiger partial charge in [0, 0.05) is 20.6 Å². The first-order valence-corrected chi connectivity index (χ1v) is 4.78. The highest BCUT2D eigenvalue weighted by molar-refractivity contribution is 4.70. The third-order valence-electron chi connectivity index (χ3n) is 2.53. The van der Waals surface area contributed by atoms with Crippen molar-refractivity contribution < 1.29 is 0 Å². The Kier molecular flexibility index (Phi) is 3.98. The fraction of sp³-hybridized carbons (Fsp3) is 1.00. The van der Waals surface area contributed by atoms with Gasteiger partial charge in [-0.15, -0.1) is 0 Å². The molecule has 0 saturated carbocycles. The second-order valence-corrected chi connectivity index (χ2v) is 4.00. The van der Waals surface area contributed by atoms with Crippen molar-refractivity contribution in [2.24, 2.45) is 5.92 Å². The Bertz CT molecular complexity index is 117. The Morgan fingerprint density at radius 1 is 1.33 bits per heavy atom. The van der Waals surface area contributed by atoms with E-state index in [1.807, 2.05) is 5.01 Å². The number of piperidine rings is 1. The van der Waals surface area contributed by atoms with Gasteiger partial charge in [0.25, 0.3) is 0 Å². The minimum atomic E-state index is 0.878. The minimum Gasteiger partial charge on any atom is -0.306 e. The maximum atomic E-state index is 3.34. The summed E-state index contributed by atoms with van der Waals surface area (Å²) >= 11 is 0. The van der Waals surface area contributed by atoms with E-state index < -0.39 is 0 Å². The van der Waals surface area contributed by atoms with Crippen molar-refractivity contribution in [2.45, 2.75) is 12.8 Å². The van der Waals surface area contributed by atoms with Crippen LogP contribution in [-0.2, 0) is 0 Å². The van der Waals surface area contributed by atoms with Gasteiger partial charge in [-0.1, -0.05) is 0 Å². The number of nitrogens with one attached hydrogen (secondary N) is 1. The Morgan fingerprint density at radius 2 is 1.92 bits per heavy atom. The zero-order chi connectivity index (χ0) is 8.97. The van der Waals surface area contributed by atoms with Crippen molar-refractivity contribution in [3.8, 4) is 0 Å². The molecule has 1 N–H and O–H groups in total. The molecule has 1 aliphatic heterocycles. The summed E-state index contributed by atoms with van der Waals surface area (Å²) in [7, 11) is 6.31. The van der Waals surface area contributed by atoms with Crippen molar-refractivity contribution in [3.63, 3.8) is 0 Å². The molecule has 1 fully saturated rings. The maximum absolute atomic E-state index is 3.34. The van der Waals surface area contributed by atoms with Crippen LogP contribution >= 0.6 is 0 Å². The Hall–Kier alpha value is -0.120. The third-order valence-corrected chi connectivity index (χ3v) is 2.53. The van der Waals surface area contributed by atoms with Gasteiger partial charge in [-0.3, -0.25) is 10.4 Å². The summed E-state index contributed by atoms with van der Waals surface area (Å²) in [4.78, 5) is 2.41. The molecule has 12 heavy (non-hydrogen) atoms. The molecule has 0 aliphatic carbocycles. The lowest BCUT2D eigenvalue weighted by Gasteiger charge is -2.29. The normalized spacial score (nSPS) is 22.0. The van der Waals surface area contributed by atoms with E-state index in [-0.39, 0.29) is 0 Å². The van der Waals surface area contributed by atoms with Crippen LogP contribution in [0.2, 0.25) is 0 Å². The van der Waals surface area contributed by atoms with Gasteiger partial charge < -0.3 is 4.90 Å². The predicted octanol–water partition coefficient (Wildman–Crippen LogP) is 0.394. The maximum Gasteiger partial charge on any atom is 0.0131 e. The van der Waals surface area contributed by atoms with Gasteiger partial charge in [-0.2, -0.15) is 0 Å². The molecule has 0 radical (unpaired) electrons. The molecule has 1 aliphatic rings. The summed E-state index contributed by atoms with van der Waals surface area (Å²) < 4.78 is 0. The van der Waals surface area contributed by atoms with Crippen LogP contribution in [0.3, 0.4) is 0 Å². The fourth-order valence-corrected chi connectivity index (χ4v) is 1.58. The molecule has 1 heterocycles. The van der Waals surface area contributed by atoms with E-state index in [2.05, 4.69) is 31.5 Å². The lowest BCUT2D eigenvalue weighted by Crippen LogP contribution is -2.39. The van der Waals surface area contributed by atoms with Crippen molar-refractivity contribution in [1.82, 2.24) is 15.3 Å². The molecular weight excluding hydrogens is 150 g/mol. The molecule has 0 aromatic carbocycles. The van der Waals surface area contributed by atoms with Crippen LogP contribution in [0, 0.1) is 5.92 Å². The average molecular weight is 171 g/mol. The molecule has 0 bridgehead atoms. The molecular formula is C9H21N3. The number of likely N-dealkylation sites (tertiary alicyclic amines) is 1. The molecule has 3 heteroatoms. The van der Waals surface area contributed by atoms with Gasteiger partial charge in [-0.05, 0) is 38.9 Å². The van der Waals surface area contributed by atoms with Crippen molar-refractivity contribution >= 4 is 0 Å². The first-order valence-electron chi connectivity index (χ1n) is 4.78. The molecule has 1 rings (SSSR count). The molecule has 0 atom stereocenters. The molecule has 72 valence electrons. The first-order chi connectivity index (χ1) is 5.68. The summed E-state index contributed by atoms with van der Waals surface area (Å²) in [5.41, 5.74) is 3.34. The summed E-state index contributed by atoms with van der Waals surface area (Å²) in [5, 5.41) is 2.04. The lowest BCUT2D eigenvalue weighted by atomic mass is 9.97. The minimum absolute atomic E-state index is 0.878. The monoisotopic (exact) mass is 171 g/mol. The van der Waals surface area contributed by atoms with Crippen LogP contribution in [0.1, 0.15) is 12.8 Å². The SMILES string of the molecule is CN1CCC(CNN(C)C)CC1. The van der Waals surface area contributed by atoms with Crippen LogP contribution in [0.4, 0.5) is 0 Å². The lowest BCUT2D eigenvalue weighted by molar-refractivity contribution is 0.185. The van der Waals surface area contributed by atoms with Gasteiger partial charge in [0.15, 0.2) is 0 Å². The van der Waals surface area contributed by atoms with Crippen LogP contribution in [0.25, 0.3) is 0 Å². The van der Waals surface area contributed by atoms with Crippen molar-refractivity contribution in [3.05, 3.63) is 0 Å². The van der Waals surface area contributed by atoms with E-state index in [9.17, 15) is 0 Å². The van der Waals surface area contributed by atoms with E-state index in [4.69, 9.17) is 0 Å². The number of hydrogen-bond acceptors (Lipinski definition) is 3. The van der Waals surface area contributed by atoms with E-state index in [0.29, 0.717) is 0 Å². The number of hydrogen-bond donors (Lipinski definition) is 1. The summed E-state index contributed by atoms with van der Waals surface area (Å²) in [6, 6.07) is 0. The smallest absolute Gasteiger partial charge is 0.0131 e. The highest BCUT2D eigenvalue weighted by Gasteiger charge is 2.15. The van der Waals surface area contributed by atoms with Gasteiger partial charge in [0.05, 0.1) is 0 Å². The number of nitrogens with zero attached hydrogens (tertiary/aromatic N) is 2. The Balaban J connectivity index is 2.09. The standard InChI is InChI=1S/C9H21N3/c1-11(2)10-8-9-4-6-12(3)7-5-9/h9-10H,4-8H2,1-3H3. The zero-order valence-corrected chi connectivity index (χ0v) is 8.51. The second-order valence-electron chi connectivity index (χ2n) is 4.00. The highest BCUT2D eigenvalue weighted by Crippen LogP contribution is 2.14. The quantitative estimate of drug-likeness (QED) is 0.620. The zero-order valence-electron chi connectivity index (χ0n) is 8.51.